The summed E-state index contributed by atoms with van der Waals surface area (Å²) in [7, 11) is 0. The first kappa shape index (κ1) is 6.67. The highest BCUT2D eigenvalue weighted by molar-refractivity contribution is 5.84. The fourth-order valence-corrected chi connectivity index (χ4v) is 0.498. The van der Waals surface area contributed by atoms with Gasteiger partial charge in [0.25, 0.3) is 0 Å². The van der Waals surface area contributed by atoms with E-state index in [1.807, 2.05) is 0 Å². The van der Waals surface area contributed by atoms with E-state index in [4.69, 9.17) is 0 Å². The third-order valence-electron chi connectivity index (χ3n) is 1.02. The van der Waals surface area contributed by atoms with Crippen LogP contribution in [0, 0.1) is 6.92 Å². The minimum absolute atomic E-state index is 0.00519. The van der Waals surface area contributed by atoms with Gasteiger partial charge in [-0.2, -0.15) is 0 Å². The van der Waals surface area contributed by atoms with E-state index < -0.39 is 5.97 Å². The number of carboxylic acid groups (broad SMARTS) is 1. The van der Waals surface area contributed by atoms with Gasteiger partial charge in [0.05, 0.1) is 5.97 Å². The molecule has 10 heavy (non-hydrogen) atoms. The zero-order valence-electron chi connectivity index (χ0n) is 5.37. The van der Waals surface area contributed by atoms with E-state index in [9.17, 15) is 9.90 Å². The lowest BCUT2D eigenvalue weighted by molar-refractivity contribution is -0.255. The summed E-state index contributed by atoms with van der Waals surface area (Å²) >= 11 is 0. The molecule has 0 unspecified atom stereocenters. The molecule has 52 valence electrons. The SMILES string of the molecule is Cc1ncc(C(=O)[O-])cn1. The average molecular weight is 137 g/mol. The summed E-state index contributed by atoms with van der Waals surface area (Å²) < 4.78 is 0. The van der Waals surface area contributed by atoms with Crippen LogP contribution in [0.3, 0.4) is 0 Å². The summed E-state index contributed by atoms with van der Waals surface area (Å²) in [5, 5.41) is 10.1. The van der Waals surface area contributed by atoms with Crippen LogP contribution in [0.1, 0.15) is 16.2 Å². The first-order valence-electron chi connectivity index (χ1n) is 2.70. The lowest BCUT2D eigenvalue weighted by Gasteiger charge is -1.98. The third kappa shape index (κ3) is 1.28. The normalized spacial score (nSPS) is 9.30. The fraction of sp³-hybridized carbons (Fsp3) is 0.167. The molecule has 0 saturated carbocycles. The van der Waals surface area contributed by atoms with Crippen LogP contribution in [-0.2, 0) is 0 Å². The number of hydrogen-bond acceptors (Lipinski definition) is 4. The van der Waals surface area contributed by atoms with Gasteiger partial charge in [0, 0.05) is 18.0 Å². The van der Waals surface area contributed by atoms with Gasteiger partial charge in [-0.25, -0.2) is 9.97 Å². The van der Waals surface area contributed by atoms with Gasteiger partial charge in [0.2, 0.25) is 0 Å². The zero-order valence-corrected chi connectivity index (χ0v) is 5.37. The minimum Gasteiger partial charge on any atom is -0.545 e. The quantitative estimate of drug-likeness (QED) is 0.505. The second-order valence-corrected chi connectivity index (χ2v) is 1.81. The second-order valence-electron chi connectivity index (χ2n) is 1.81. The maximum atomic E-state index is 10.1. The molecule has 0 fully saturated rings. The number of carbonyl (C=O) groups is 1. The molecule has 0 bridgehead atoms. The van der Waals surface area contributed by atoms with E-state index >= 15 is 0 Å². The molecule has 1 aromatic heterocycles. The smallest absolute Gasteiger partial charge is 0.125 e. The fourth-order valence-electron chi connectivity index (χ4n) is 0.498. The predicted molar refractivity (Wildman–Crippen MR) is 31.1 cm³/mol. The number of nitrogens with zero attached hydrogens (tertiary/aromatic N) is 2. The van der Waals surface area contributed by atoms with Gasteiger partial charge in [-0.3, -0.25) is 0 Å². The van der Waals surface area contributed by atoms with Crippen molar-refractivity contribution in [2.24, 2.45) is 0 Å². The van der Waals surface area contributed by atoms with Crippen LogP contribution in [0.25, 0.3) is 0 Å². The van der Waals surface area contributed by atoms with Crippen LogP contribution >= 0.6 is 0 Å². The summed E-state index contributed by atoms with van der Waals surface area (Å²) in [6.45, 7) is 1.68. The highest BCUT2D eigenvalue weighted by Gasteiger charge is 1.91. The largest absolute Gasteiger partial charge is 0.545 e. The lowest BCUT2D eigenvalue weighted by Crippen LogP contribution is -2.22. The molecule has 0 N–H and O–H groups in total. The topological polar surface area (TPSA) is 65.9 Å². The number of carbonyl (C=O) groups excluding carboxylic acids is 1. The molecule has 0 amide bonds. The standard InChI is InChI=1S/C6H6N2O2/c1-4-7-2-5(3-8-4)6(9)10/h2-3H,1H3,(H,9,10)/p-1. The van der Waals surface area contributed by atoms with Gasteiger partial charge in [-0.15, -0.1) is 0 Å². The molecule has 0 radical (unpaired) electrons. The van der Waals surface area contributed by atoms with E-state index in [1.54, 1.807) is 6.92 Å². The van der Waals surface area contributed by atoms with E-state index in [0.717, 1.165) is 0 Å². The zero-order chi connectivity index (χ0) is 7.56. The van der Waals surface area contributed by atoms with Crippen molar-refractivity contribution in [3.05, 3.63) is 23.8 Å². The minimum atomic E-state index is -1.25. The van der Waals surface area contributed by atoms with Crippen LogP contribution in [0.2, 0.25) is 0 Å². The maximum Gasteiger partial charge on any atom is 0.125 e. The Kier molecular flexibility index (Phi) is 1.62. The number of aryl methyl sites for hydroxylation is 1. The molecule has 0 aliphatic carbocycles. The Morgan fingerprint density at radius 2 is 2.00 bits per heavy atom. The van der Waals surface area contributed by atoms with Crippen molar-refractivity contribution < 1.29 is 9.90 Å². The van der Waals surface area contributed by atoms with Gasteiger partial charge in [0.15, 0.2) is 0 Å². The predicted octanol–water partition coefficient (Wildman–Crippen LogP) is -0.851. The number of aromatic nitrogens is 2. The van der Waals surface area contributed by atoms with Gasteiger partial charge < -0.3 is 9.90 Å². The molecule has 0 aliphatic rings. The van der Waals surface area contributed by atoms with E-state index in [0.29, 0.717) is 5.82 Å². The Hall–Kier alpha value is -1.45. The number of carboxylic acids is 1. The monoisotopic (exact) mass is 137 g/mol. The highest BCUT2D eigenvalue weighted by Crippen LogP contribution is 1.91. The van der Waals surface area contributed by atoms with E-state index in [-0.39, 0.29) is 5.56 Å². The summed E-state index contributed by atoms with van der Waals surface area (Å²) in [4.78, 5) is 17.5. The number of hydrogen-bond donors (Lipinski definition) is 0. The van der Waals surface area contributed by atoms with Crippen LogP contribution in [0.5, 0.6) is 0 Å². The van der Waals surface area contributed by atoms with Crippen molar-refractivity contribution >= 4 is 5.97 Å². The molecular weight excluding hydrogens is 132 g/mol. The van der Waals surface area contributed by atoms with Gasteiger partial charge in [-0.1, -0.05) is 0 Å². The summed E-state index contributed by atoms with van der Waals surface area (Å²) in [6.07, 6.45) is 2.44. The molecule has 0 atom stereocenters. The molecular formula is C6H5N2O2-. The molecule has 0 saturated heterocycles. The van der Waals surface area contributed by atoms with Crippen LogP contribution < -0.4 is 5.11 Å². The number of rotatable bonds is 1. The van der Waals surface area contributed by atoms with Crippen molar-refractivity contribution in [2.45, 2.75) is 6.92 Å². The molecule has 0 aliphatic heterocycles. The van der Waals surface area contributed by atoms with Crippen molar-refractivity contribution in [1.82, 2.24) is 9.97 Å². The van der Waals surface area contributed by atoms with Crippen LogP contribution in [0.15, 0.2) is 12.4 Å². The number of aromatic carboxylic acids is 1. The molecule has 4 heteroatoms. The molecule has 0 aromatic carbocycles. The van der Waals surface area contributed by atoms with Gasteiger partial charge >= 0.3 is 0 Å². The van der Waals surface area contributed by atoms with Crippen molar-refractivity contribution in [1.29, 1.82) is 0 Å². The Labute approximate surface area is 57.6 Å². The second kappa shape index (κ2) is 2.43. The maximum absolute atomic E-state index is 10.1. The average Bonchev–Trinajstić information content (AvgIpc) is 1.88. The van der Waals surface area contributed by atoms with Crippen molar-refractivity contribution in [2.75, 3.05) is 0 Å². The first-order chi connectivity index (χ1) is 4.70. The lowest BCUT2D eigenvalue weighted by atomic mass is 10.3. The summed E-state index contributed by atoms with van der Waals surface area (Å²) in [5.74, 6) is -0.704. The Bertz CT molecular complexity index is 242. The molecule has 0 spiro atoms. The first-order valence-corrected chi connectivity index (χ1v) is 2.70. The van der Waals surface area contributed by atoms with Gasteiger partial charge in [-0.05, 0) is 6.92 Å². The Morgan fingerprint density at radius 3 is 2.40 bits per heavy atom. The molecule has 1 aromatic rings. The molecule has 1 heterocycles. The highest BCUT2D eigenvalue weighted by atomic mass is 16.4. The molecule has 4 nitrogen and oxygen atoms in total. The Balaban J connectivity index is 3.00. The Morgan fingerprint density at radius 1 is 1.50 bits per heavy atom. The van der Waals surface area contributed by atoms with Crippen LogP contribution in [0.4, 0.5) is 0 Å². The molecule has 1 rings (SSSR count). The van der Waals surface area contributed by atoms with Crippen LogP contribution in [-0.4, -0.2) is 15.9 Å². The van der Waals surface area contributed by atoms with Crippen molar-refractivity contribution in [3.8, 4) is 0 Å². The van der Waals surface area contributed by atoms with Crippen molar-refractivity contribution in [3.63, 3.8) is 0 Å². The summed E-state index contributed by atoms with van der Waals surface area (Å²) in [6, 6.07) is 0. The third-order valence-corrected chi connectivity index (χ3v) is 1.02. The van der Waals surface area contributed by atoms with Gasteiger partial charge in [0.1, 0.15) is 5.82 Å². The van der Waals surface area contributed by atoms with E-state index in [1.165, 1.54) is 12.4 Å². The van der Waals surface area contributed by atoms with E-state index in [2.05, 4.69) is 9.97 Å². The summed E-state index contributed by atoms with van der Waals surface area (Å²) in [5.41, 5.74) is 0.00519.